The van der Waals surface area contributed by atoms with Crippen LogP contribution in [0.4, 0.5) is 0 Å². The van der Waals surface area contributed by atoms with E-state index < -0.39 is 0 Å². The summed E-state index contributed by atoms with van der Waals surface area (Å²) < 4.78 is 0. The zero-order valence-corrected chi connectivity index (χ0v) is 14.6. The van der Waals surface area contributed by atoms with Crippen LogP contribution in [0.3, 0.4) is 0 Å². The molecule has 0 aliphatic rings. The Hall–Kier alpha value is -2.89. The number of likely N-dealkylation sites (N-methyl/N-ethyl adjacent to an activating group) is 2. The molecule has 0 bridgehead atoms. The summed E-state index contributed by atoms with van der Waals surface area (Å²) in [7, 11) is 4.13. The third kappa shape index (κ3) is 36.5. The number of rotatable bonds is 5. The van der Waals surface area contributed by atoms with Gasteiger partial charge in [0.25, 0.3) is 0 Å². The molecule has 0 atom stereocenters. The van der Waals surface area contributed by atoms with Crippen LogP contribution in [-0.4, -0.2) is 32.1 Å². The second kappa shape index (κ2) is 50.1. The van der Waals surface area contributed by atoms with Crippen molar-refractivity contribution in [3.8, 4) is 0 Å². The minimum Gasteiger partial charge on any atom is -0.512 e. The van der Waals surface area contributed by atoms with E-state index in [2.05, 4.69) is 47.6 Å². The Bertz CT molecular complexity index is 375. The van der Waals surface area contributed by atoms with Crippen molar-refractivity contribution >= 4 is 0 Å². The quantitative estimate of drug-likeness (QED) is 0.622. The standard InChI is InChI=1S/C11H18N2.5CN.Fe/c1-12-8-9-13(2)10-11-6-4-3-5-7-11;5*1-2;/h3-7,12H,8-10H2,1-2H3;;;;;;/q;5*-1;+5. The molecular weight excluding hydrogens is 346 g/mol. The minimum atomic E-state index is 0. The summed E-state index contributed by atoms with van der Waals surface area (Å²) in [6.07, 6.45) is 0. The Labute approximate surface area is 156 Å². The van der Waals surface area contributed by atoms with Gasteiger partial charge in [-0.05, 0) is 19.7 Å². The van der Waals surface area contributed by atoms with Crippen molar-refractivity contribution in [1.82, 2.24) is 10.2 Å². The van der Waals surface area contributed by atoms with Gasteiger partial charge in [0.15, 0.2) is 0 Å². The summed E-state index contributed by atoms with van der Waals surface area (Å²) in [6.45, 7) is 26.9. The van der Waals surface area contributed by atoms with Crippen molar-refractivity contribution < 1.29 is 17.1 Å². The van der Waals surface area contributed by atoms with Gasteiger partial charge in [-0.3, -0.25) is 0 Å². The fourth-order valence-corrected chi connectivity index (χ4v) is 1.28. The fourth-order valence-electron chi connectivity index (χ4n) is 1.28. The molecule has 7 nitrogen and oxygen atoms in total. The van der Waals surface area contributed by atoms with E-state index in [0.29, 0.717) is 0 Å². The predicted octanol–water partition coefficient (Wildman–Crippen LogP) is 1.82. The van der Waals surface area contributed by atoms with Crippen molar-refractivity contribution in [3.63, 3.8) is 0 Å². The molecule has 8 heteroatoms. The molecule has 0 aromatic heterocycles. The van der Waals surface area contributed by atoms with E-state index in [9.17, 15) is 0 Å². The van der Waals surface area contributed by atoms with Gasteiger partial charge in [-0.15, -0.1) is 0 Å². The molecule has 0 aliphatic carbocycles. The van der Waals surface area contributed by atoms with Crippen LogP contribution in [0, 0.1) is 59.2 Å². The molecule has 1 aromatic rings. The molecule has 0 saturated carbocycles. The van der Waals surface area contributed by atoms with Gasteiger partial charge in [-0.2, -0.15) is 0 Å². The summed E-state index contributed by atoms with van der Waals surface area (Å²) in [5.74, 6) is 0. The van der Waals surface area contributed by atoms with Crippen LogP contribution in [0.15, 0.2) is 30.3 Å². The van der Waals surface area contributed by atoms with Crippen LogP contribution in [0.2, 0.25) is 0 Å². The van der Waals surface area contributed by atoms with E-state index in [1.165, 1.54) is 5.56 Å². The monoisotopic (exact) mass is 364 g/mol. The van der Waals surface area contributed by atoms with Gasteiger partial charge >= 0.3 is 17.1 Å². The Morgan fingerprint density at radius 3 is 1.54 bits per heavy atom. The molecular formula is C16H18FeN7. The van der Waals surface area contributed by atoms with Crippen molar-refractivity contribution in [2.45, 2.75) is 6.54 Å². The molecule has 0 spiro atoms. The number of nitrogens with zero attached hydrogens (tertiary/aromatic N) is 6. The molecule has 0 saturated heterocycles. The first-order valence-corrected chi connectivity index (χ1v) is 5.82. The molecule has 0 fully saturated rings. The first-order chi connectivity index (χ1) is 11.3. The van der Waals surface area contributed by atoms with Crippen molar-refractivity contribution in [1.29, 1.82) is 26.3 Å². The summed E-state index contributed by atoms with van der Waals surface area (Å²) in [6, 6.07) is 10.5. The molecule has 0 heterocycles. The SMILES string of the molecule is CNCCN(C)Cc1ccccc1.[C-]#N.[C-]#N.[C-]#N.[C-]#N.[C-]#N.[Fe+5]. The summed E-state index contributed by atoms with van der Waals surface area (Å²) >= 11 is 0. The molecule has 1 N–H and O–H groups in total. The Balaban J connectivity index is -0.0000000634. The van der Waals surface area contributed by atoms with Crippen molar-refractivity contribution in [2.24, 2.45) is 0 Å². The Morgan fingerprint density at radius 1 is 0.833 bits per heavy atom. The van der Waals surface area contributed by atoms with E-state index in [0.717, 1.165) is 19.6 Å². The average molecular weight is 364 g/mol. The maximum atomic E-state index is 6.25. The predicted molar refractivity (Wildman–Crippen MR) is 81.5 cm³/mol. The molecule has 1 aromatic carbocycles. The average Bonchev–Trinajstić information content (AvgIpc) is 2.69. The molecule has 24 heavy (non-hydrogen) atoms. The fraction of sp³-hybridized carbons (Fsp3) is 0.312. The molecule has 0 amide bonds. The zero-order valence-electron chi connectivity index (χ0n) is 13.5. The third-order valence-electron chi connectivity index (χ3n) is 2.04. The number of hydrogen-bond acceptors (Lipinski definition) is 7. The topological polar surface area (TPSA) is 134 Å². The van der Waals surface area contributed by atoms with Gasteiger partial charge in [-0.1, -0.05) is 30.3 Å². The van der Waals surface area contributed by atoms with Crippen LogP contribution in [0.25, 0.3) is 0 Å². The van der Waals surface area contributed by atoms with Crippen molar-refractivity contribution in [3.05, 3.63) is 68.8 Å². The second-order valence-electron chi connectivity index (χ2n) is 3.33. The van der Waals surface area contributed by atoms with E-state index in [1.807, 2.05) is 7.05 Å². The van der Waals surface area contributed by atoms with E-state index >= 15 is 0 Å². The molecule has 125 valence electrons. The van der Waals surface area contributed by atoms with Crippen LogP contribution in [0.1, 0.15) is 5.56 Å². The largest absolute Gasteiger partial charge is 5.00 e. The molecule has 0 aliphatic heterocycles. The van der Waals surface area contributed by atoms with Crippen LogP contribution >= 0.6 is 0 Å². The summed E-state index contributed by atoms with van der Waals surface area (Å²) in [4.78, 5) is 2.31. The maximum Gasteiger partial charge on any atom is 5.00 e. The van der Waals surface area contributed by atoms with Crippen LogP contribution in [-0.2, 0) is 23.6 Å². The van der Waals surface area contributed by atoms with E-state index in [-0.39, 0.29) is 17.1 Å². The normalized spacial score (nSPS) is 6.21. The van der Waals surface area contributed by atoms with E-state index in [4.69, 9.17) is 59.2 Å². The van der Waals surface area contributed by atoms with E-state index in [1.54, 1.807) is 0 Å². The van der Waals surface area contributed by atoms with Crippen molar-refractivity contribution in [2.75, 3.05) is 27.2 Å². The molecule has 1 radical (unpaired) electrons. The van der Waals surface area contributed by atoms with Gasteiger partial charge in [-0.25, -0.2) is 0 Å². The number of nitrogens with one attached hydrogen (secondary N) is 1. The molecule has 1 rings (SSSR count). The second-order valence-corrected chi connectivity index (χ2v) is 3.33. The van der Waals surface area contributed by atoms with Gasteiger partial charge in [0.05, 0.1) is 0 Å². The molecule has 0 unspecified atom stereocenters. The number of hydrogen-bond donors (Lipinski definition) is 1. The zero-order chi connectivity index (χ0) is 19.5. The minimum absolute atomic E-state index is 0. The van der Waals surface area contributed by atoms with Gasteiger partial charge in [0, 0.05) is 19.6 Å². The first kappa shape index (κ1) is 37.4. The van der Waals surface area contributed by atoms with Gasteiger partial charge in [0.1, 0.15) is 0 Å². The maximum absolute atomic E-state index is 6.25. The summed E-state index contributed by atoms with van der Waals surface area (Å²) in [5, 5.41) is 34.4. The Kier molecular flexibility index (Phi) is 78.0. The van der Waals surface area contributed by atoms with Crippen LogP contribution < -0.4 is 5.32 Å². The third-order valence-corrected chi connectivity index (χ3v) is 2.04. The smallest absolute Gasteiger partial charge is 0.512 e. The van der Waals surface area contributed by atoms with Gasteiger partial charge < -0.3 is 69.4 Å². The number of benzene rings is 1. The van der Waals surface area contributed by atoms with Gasteiger partial charge in [0.2, 0.25) is 0 Å². The summed E-state index contributed by atoms with van der Waals surface area (Å²) in [5.41, 5.74) is 1.38. The Morgan fingerprint density at radius 2 is 1.21 bits per heavy atom. The first-order valence-electron chi connectivity index (χ1n) is 5.82. The van der Waals surface area contributed by atoms with Crippen LogP contribution in [0.5, 0.6) is 0 Å².